The third kappa shape index (κ3) is 3.68. The fraction of sp³-hybridized carbons (Fsp3) is 0.412. The van der Waals surface area contributed by atoms with E-state index in [1.54, 1.807) is 18.3 Å². The Kier molecular flexibility index (Phi) is 4.71. The van der Waals surface area contributed by atoms with Crippen molar-refractivity contribution in [1.82, 2.24) is 0 Å². The first-order valence-electron chi connectivity index (χ1n) is 7.94. The molecule has 0 unspecified atom stereocenters. The van der Waals surface area contributed by atoms with Crippen LogP contribution in [0.5, 0.6) is 0 Å². The maximum absolute atomic E-state index is 11.1. The Bertz CT molecular complexity index is 717. The van der Waals surface area contributed by atoms with Gasteiger partial charge in [0.25, 0.3) is 5.69 Å². The Morgan fingerprint density at radius 2 is 2.08 bits per heavy atom. The number of morpholine rings is 1. The van der Waals surface area contributed by atoms with Crippen molar-refractivity contribution in [3.05, 3.63) is 39.4 Å². The highest BCUT2D eigenvalue weighted by Crippen LogP contribution is 2.30. The van der Waals surface area contributed by atoms with Gasteiger partial charge >= 0.3 is 0 Å². The van der Waals surface area contributed by atoms with E-state index in [1.807, 2.05) is 26.0 Å². The molecular formula is C17H20N4O3. The quantitative estimate of drug-likeness (QED) is 0.631. The molecule has 2 heterocycles. The van der Waals surface area contributed by atoms with Crippen molar-refractivity contribution in [3.63, 3.8) is 0 Å². The molecule has 7 heteroatoms. The Labute approximate surface area is 140 Å². The van der Waals surface area contributed by atoms with Crippen LogP contribution < -0.4 is 4.90 Å². The Morgan fingerprint density at radius 3 is 2.71 bits per heavy atom. The third-order valence-corrected chi connectivity index (χ3v) is 3.99. The van der Waals surface area contributed by atoms with Crippen molar-refractivity contribution in [2.24, 2.45) is 9.98 Å². The smallest absolute Gasteiger partial charge is 0.270 e. The van der Waals surface area contributed by atoms with E-state index in [0.717, 1.165) is 29.9 Å². The van der Waals surface area contributed by atoms with Crippen LogP contribution in [0.2, 0.25) is 0 Å². The molecule has 2 aliphatic heterocycles. The van der Waals surface area contributed by atoms with Gasteiger partial charge in [-0.15, -0.1) is 0 Å². The summed E-state index contributed by atoms with van der Waals surface area (Å²) in [4.78, 5) is 21.1. The van der Waals surface area contributed by atoms with Gasteiger partial charge < -0.3 is 9.64 Å². The van der Waals surface area contributed by atoms with Crippen molar-refractivity contribution < 1.29 is 9.66 Å². The standard InChI is InChI=1S/C17H20N4O3/c1-12-9-20(10-13(2)24-12)17-4-3-16(21(22)23)6-15(17)5-14-7-18-11-19-8-14/h3-7,11-13H,8-10H2,1-2H3/t12-,13+. The average molecular weight is 328 g/mol. The van der Waals surface area contributed by atoms with Crippen LogP contribution in [0.15, 0.2) is 33.8 Å². The maximum Gasteiger partial charge on any atom is 0.270 e. The summed E-state index contributed by atoms with van der Waals surface area (Å²) in [5, 5.41) is 11.1. The SMILES string of the molecule is C[C@@H]1CN(c2ccc([N+](=O)[O-])cc2C=C2C=NC=NC2)C[C@H](C)O1. The highest BCUT2D eigenvalue weighted by atomic mass is 16.6. The Morgan fingerprint density at radius 1 is 1.33 bits per heavy atom. The van der Waals surface area contributed by atoms with Gasteiger partial charge in [-0.2, -0.15) is 0 Å². The predicted octanol–water partition coefficient (Wildman–Crippen LogP) is 2.70. The van der Waals surface area contributed by atoms with Crippen molar-refractivity contribution >= 4 is 30.0 Å². The number of benzene rings is 1. The molecule has 0 bridgehead atoms. The molecule has 7 nitrogen and oxygen atoms in total. The van der Waals surface area contributed by atoms with E-state index in [4.69, 9.17) is 4.74 Å². The molecule has 0 N–H and O–H groups in total. The number of hydrogen-bond donors (Lipinski definition) is 0. The zero-order valence-electron chi connectivity index (χ0n) is 13.8. The molecule has 1 aromatic carbocycles. The summed E-state index contributed by atoms with van der Waals surface area (Å²) < 4.78 is 5.78. The van der Waals surface area contributed by atoms with E-state index >= 15 is 0 Å². The van der Waals surface area contributed by atoms with Gasteiger partial charge in [0.2, 0.25) is 0 Å². The number of nitro groups is 1. The van der Waals surface area contributed by atoms with Gasteiger partial charge in [0, 0.05) is 42.7 Å². The number of non-ortho nitro benzene ring substituents is 1. The highest BCUT2D eigenvalue weighted by molar-refractivity contribution is 5.93. The van der Waals surface area contributed by atoms with E-state index < -0.39 is 0 Å². The van der Waals surface area contributed by atoms with Crippen molar-refractivity contribution in [2.45, 2.75) is 26.1 Å². The minimum Gasteiger partial charge on any atom is -0.372 e. The number of nitro benzene ring substituents is 1. The maximum atomic E-state index is 11.1. The molecule has 2 atom stereocenters. The molecule has 0 aromatic heterocycles. The van der Waals surface area contributed by atoms with Gasteiger partial charge in [0.15, 0.2) is 0 Å². The number of anilines is 1. The molecule has 0 amide bonds. The molecule has 1 aromatic rings. The van der Waals surface area contributed by atoms with E-state index in [9.17, 15) is 10.1 Å². The lowest BCUT2D eigenvalue weighted by molar-refractivity contribution is -0.384. The Balaban J connectivity index is 2.00. The number of ether oxygens (including phenoxy) is 1. The minimum absolute atomic E-state index is 0.0798. The summed E-state index contributed by atoms with van der Waals surface area (Å²) in [7, 11) is 0. The van der Waals surface area contributed by atoms with Gasteiger partial charge in [-0.25, -0.2) is 4.99 Å². The number of nitrogens with zero attached hydrogens (tertiary/aromatic N) is 4. The topological polar surface area (TPSA) is 80.3 Å². The van der Waals surface area contributed by atoms with Gasteiger partial charge in [-0.1, -0.05) is 0 Å². The van der Waals surface area contributed by atoms with Crippen LogP contribution in [-0.4, -0.2) is 49.3 Å². The molecule has 24 heavy (non-hydrogen) atoms. The van der Waals surface area contributed by atoms with Crippen LogP contribution in [0.3, 0.4) is 0 Å². The molecule has 3 rings (SSSR count). The van der Waals surface area contributed by atoms with Gasteiger partial charge in [-0.3, -0.25) is 15.1 Å². The van der Waals surface area contributed by atoms with Gasteiger partial charge in [-0.05, 0) is 31.6 Å². The summed E-state index contributed by atoms with van der Waals surface area (Å²) in [5.41, 5.74) is 2.78. The van der Waals surface area contributed by atoms with Crippen LogP contribution in [0.4, 0.5) is 11.4 Å². The molecule has 1 saturated heterocycles. The summed E-state index contributed by atoms with van der Waals surface area (Å²) in [6.45, 7) is 6.11. The highest BCUT2D eigenvalue weighted by Gasteiger charge is 2.24. The second kappa shape index (κ2) is 6.92. The summed E-state index contributed by atoms with van der Waals surface area (Å²) >= 11 is 0. The zero-order chi connectivity index (χ0) is 17.1. The third-order valence-electron chi connectivity index (χ3n) is 3.99. The van der Waals surface area contributed by atoms with Gasteiger partial charge in [0.05, 0.1) is 23.7 Å². The second-order valence-electron chi connectivity index (χ2n) is 6.12. The first-order chi connectivity index (χ1) is 11.5. The average Bonchev–Trinajstić information content (AvgIpc) is 2.54. The fourth-order valence-corrected chi connectivity index (χ4v) is 3.08. The molecule has 0 radical (unpaired) electrons. The monoisotopic (exact) mass is 328 g/mol. The zero-order valence-corrected chi connectivity index (χ0v) is 13.8. The fourth-order valence-electron chi connectivity index (χ4n) is 3.08. The lowest BCUT2D eigenvalue weighted by Gasteiger charge is -2.37. The van der Waals surface area contributed by atoms with Crippen molar-refractivity contribution in [1.29, 1.82) is 0 Å². The second-order valence-corrected chi connectivity index (χ2v) is 6.12. The van der Waals surface area contributed by atoms with Crippen molar-refractivity contribution in [2.75, 3.05) is 24.5 Å². The van der Waals surface area contributed by atoms with E-state index in [-0.39, 0.29) is 22.8 Å². The largest absolute Gasteiger partial charge is 0.372 e. The number of rotatable bonds is 3. The number of hydrogen-bond acceptors (Lipinski definition) is 6. The molecule has 0 saturated carbocycles. The lowest BCUT2D eigenvalue weighted by Crippen LogP contribution is -2.45. The van der Waals surface area contributed by atoms with Crippen LogP contribution in [0.25, 0.3) is 6.08 Å². The molecule has 126 valence electrons. The van der Waals surface area contributed by atoms with Crippen molar-refractivity contribution in [3.8, 4) is 0 Å². The molecule has 0 aliphatic carbocycles. The molecule has 2 aliphatic rings. The van der Waals surface area contributed by atoms with E-state index in [0.29, 0.717) is 6.54 Å². The van der Waals surface area contributed by atoms with E-state index in [1.165, 1.54) is 6.34 Å². The normalized spacial score (nSPS) is 25.2. The summed E-state index contributed by atoms with van der Waals surface area (Å²) in [6, 6.07) is 4.98. The first kappa shape index (κ1) is 16.3. The van der Waals surface area contributed by atoms with Crippen LogP contribution >= 0.6 is 0 Å². The Hall–Kier alpha value is -2.54. The minimum atomic E-state index is -0.372. The molecule has 0 spiro atoms. The van der Waals surface area contributed by atoms with Crippen LogP contribution in [0.1, 0.15) is 19.4 Å². The predicted molar refractivity (Wildman–Crippen MR) is 95.1 cm³/mol. The van der Waals surface area contributed by atoms with Crippen LogP contribution in [0, 0.1) is 10.1 Å². The lowest BCUT2D eigenvalue weighted by atomic mass is 10.1. The molecule has 1 fully saturated rings. The summed E-state index contributed by atoms with van der Waals surface area (Å²) in [5.74, 6) is 0. The molecular weight excluding hydrogens is 308 g/mol. The van der Waals surface area contributed by atoms with Crippen LogP contribution in [-0.2, 0) is 4.74 Å². The summed E-state index contributed by atoms with van der Waals surface area (Å²) in [6.07, 6.45) is 5.40. The van der Waals surface area contributed by atoms with Gasteiger partial charge in [0.1, 0.15) is 6.34 Å². The first-order valence-corrected chi connectivity index (χ1v) is 7.94. The van der Waals surface area contributed by atoms with E-state index in [2.05, 4.69) is 14.9 Å². The number of aliphatic imine (C=N–C) groups is 2.